The molecule has 4 aromatic rings. The molecule has 4 aromatic carbocycles. The first-order valence-corrected chi connectivity index (χ1v) is 19.9. The van der Waals surface area contributed by atoms with Crippen molar-refractivity contribution in [3.05, 3.63) is 131 Å². The van der Waals surface area contributed by atoms with E-state index in [1.807, 2.05) is 12.1 Å². The first-order chi connectivity index (χ1) is 29.6. The van der Waals surface area contributed by atoms with Crippen LogP contribution in [-0.4, -0.2) is 48.2 Å². The topological polar surface area (TPSA) is 152 Å². The van der Waals surface area contributed by atoms with E-state index >= 15 is 0 Å². The highest BCUT2D eigenvalue weighted by Crippen LogP contribution is 2.30. The highest BCUT2D eigenvalue weighted by molar-refractivity contribution is 5.94. The van der Waals surface area contributed by atoms with Gasteiger partial charge >= 0.3 is 18.3 Å². The molecule has 4 N–H and O–H groups in total. The normalized spacial score (nSPS) is 12.3. The Balaban J connectivity index is 0.000000330. The minimum atomic E-state index is -4.41. The number of nitrogens with one attached hydrogen (secondary N) is 3. The number of anilines is 2. The van der Waals surface area contributed by atoms with Gasteiger partial charge in [0, 0.05) is 24.2 Å². The Hall–Kier alpha value is -5.78. The van der Waals surface area contributed by atoms with E-state index in [-0.39, 0.29) is 37.4 Å². The van der Waals surface area contributed by atoms with Crippen molar-refractivity contribution in [3.8, 4) is 0 Å². The van der Waals surface area contributed by atoms with Gasteiger partial charge in [-0.05, 0) is 85.3 Å². The standard InChI is InChI=1S/C23H26F3NO4.C22H25F3N2O4/c1-30-21(28)11-7-3-6-10-20(22(29)27-19-8-4-2-5-9-19)31-16-17-12-14-18(15-13-17)23(24,25)26;23-22(24,25)17-13-11-16(12-14-17)15-31-19(9-5-2-6-10-20(28)27-30)21(29)26-18-7-3-1-4-8-18/h2,4-5,8-9,12-15,20H,3,6-7,10-11,16H2,1H3,(H,27,29);1,3-4,7-8,11-14,19,30H,2,5-6,9-10,15H2,(H,26,29)(H,27,28). The minimum Gasteiger partial charge on any atom is -0.469 e. The molecule has 0 saturated carbocycles. The summed E-state index contributed by atoms with van der Waals surface area (Å²) >= 11 is 0. The molecule has 17 heteroatoms. The van der Waals surface area contributed by atoms with Crippen LogP contribution in [0.3, 0.4) is 0 Å². The summed E-state index contributed by atoms with van der Waals surface area (Å²) in [5.41, 5.74) is 2.37. The molecule has 0 aromatic heterocycles. The number of amides is 3. The smallest absolute Gasteiger partial charge is 0.416 e. The first kappa shape index (κ1) is 50.6. The third kappa shape index (κ3) is 19.7. The van der Waals surface area contributed by atoms with E-state index in [1.54, 1.807) is 54.0 Å². The molecule has 0 fully saturated rings. The summed E-state index contributed by atoms with van der Waals surface area (Å²) in [6.07, 6.45) is -5.35. The maximum Gasteiger partial charge on any atom is 0.416 e. The van der Waals surface area contributed by atoms with Crippen molar-refractivity contribution in [2.24, 2.45) is 0 Å². The van der Waals surface area contributed by atoms with Crippen molar-refractivity contribution in [2.75, 3.05) is 17.7 Å². The van der Waals surface area contributed by atoms with Crippen molar-refractivity contribution < 1.29 is 64.9 Å². The Morgan fingerprint density at radius 2 is 0.935 bits per heavy atom. The molecule has 0 bridgehead atoms. The quantitative estimate of drug-likeness (QED) is 0.0200. The summed E-state index contributed by atoms with van der Waals surface area (Å²) in [6.45, 7) is -0.00882. The fraction of sp³-hybridized carbons (Fsp3) is 0.378. The molecule has 2 unspecified atom stereocenters. The number of unbranched alkanes of at least 4 members (excludes halogenated alkanes) is 4. The van der Waals surface area contributed by atoms with Gasteiger partial charge in [-0.15, -0.1) is 0 Å². The molecule has 0 aliphatic carbocycles. The van der Waals surface area contributed by atoms with Gasteiger partial charge in [0.2, 0.25) is 5.91 Å². The van der Waals surface area contributed by atoms with Crippen LogP contribution in [0.5, 0.6) is 0 Å². The van der Waals surface area contributed by atoms with Crippen molar-refractivity contribution in [1.29, 1.82) is 0 Å². The van der Waals surface area contributed by atoms with Crippen LogP contribution in [-0.2, 0) is 59.0 Å². The van der Waals surface area contributed by atoms with Crippen LogP contribution in [0.25, 0.3) is 0 Å². The molecule has 0 radical (unpaired) electrons. The number of ether oxygens (including phenoxy) is 3. The van der Waals surface area contributed by atoms with Crippen molar-refractivity contribution in [3.63, 3.8) is 0 Å². The molecular weight excluding hydrogens is 824 g/mol. The van der Waals surface area contributed by atoms with Crippen LogP contribution >= 0.6 is 0 Å². The fourth-order valence-corrected chi connectivity index (χ4v) is 5.77. The zero-order valence-corrected chi connectivity index (χ0v) is 34.1. The highest BCUT2D eigenvalue weighted by atomic mass is 19.4. The van der Waals surface area contributed by atoms with Crippen molar-refractivity contribution >= 4 is 35.1 Å². The number of hydrogen-bond donors (Lipinski definition) is 4. The molecular formula is C45H51F6N3O8. The number of hydroxylamine groups is 1. The third-order valence-corrected chi connectivity index (χ3v) is 9.20. The molecule has 2 atom stereocenters. The number of alkyl halides is 6. The van der Waals surface area contributed by atoms with Crippen molar-refractivity contribution in [1.82, 2.24) is 5.48 Å². The van der Waals surface area contributed by atoms with E-state index in [0.29, 0.717) is 80.3 Å². The number of halogens is 6. The molecule has 0 aliphatic heterocycles. The maximum atomic E-state index is 12.7. The van der Waals surface area contributed by atoms with E-state index in [0.717, 1.165) is 24.3 Å². The lowest BCUT2D eigenvalue weighted by molar-refractivity contribution is -0.141. The molecule has 0 aliphatic rings. The van der Waals surface area contributed by atoms with Crippen LogP contribution < -0.4 is 16.1 Å². The zero-order chi connectivity index (χ0) is 45.4. The molecule has 336 valence electrons. The van der Waals surface area contributed by atoms with Crippen LogP contribution in [0.2, 0.25) is 0 Å². The molecule has 62 heavy (non-hydrogen) atoms. The predicted molar refractivity (Wildman–Crippen MR) is 218 cm³/mol. The second-order valence-corrected chi connectivity index (χ2v) is 14.0. The monoisotopic (exact) mass is 875 g/mol. The number of esters is 1. The Morgan fingerprint density at radius 1 is 0.548 bits per heavy atom. The summed E-state index contributed by atoms with van der Waals surface area (Å²) in [7, 11) is 1.33. The minimum absolute atomic E-state index is 0.00712. The number of hydrogen-bond acceptors (Lipinski definition) is 8. The van der Waals surface area contributed by atoms with Crippen LogP contribution in [0, 0.1) is 0 Å². The maximum absolute atomic E-state index is 12.7. The predicted octanol–water partition coefficient (Wildman–Crippen LogP) is 10.0. The van der Waals surface area contributed by atoms with E-state index in [1.165, 1.54) is 31.4 Å². The number of benzene rings is 4. The first-order valence-electron chi connectivity index (χ1n) is 19.9. The van der Waals surface area contributed by atoms with Gasteiger partial charge in [-0.25, -0.2) is 5.48 Å². The summed E-state index contributed by atoms with van der Waals surface area (Å²) in [6, 6.07) is 27.0. The lowest BCUT2D eigenvalue weighted by atomic mass is 10.1. The van der Waals surface area contributed by atoms with Gasteiger partial charge in [0.15, 0.2) is 0 Å². The molecule has 0 spiro atoms. The zero-order valence-electron chi connectivity index (χ0n) is 34.1. The van der Waals surface area contributed by atoms with E-state index in [4.69, 9.17) is 14.7 Å². The van der Waals surface area contributed by atoms with Gasteiger partial charge in [-0.1, -0.05) is 86.3 Å². The Kier molecular flexibility index (Phi) is 21.6. The van der Waals surface area contributed by atoms with E-state index < -0.39 is 41.6 Å². The fourth-order valence-electron chi connectivity index (χ4n) is 5.77. The van der Waals surface area contributed by atoms with Crippen molar-refractivity contribution in [2.45, 2.75) is 102 Å². The largest absolute Gasteiger partial charge is 0.469 e. The van der Waals surface area contributed by atoms with Gasteiger partial charge < -0.3 is 24.8 Å². The molecule has 0 saturated heterocycles. The average molecular weight is 876 g/mol. The van der Waals surface area contributed by atoms with E-state index in [2.05, 4.69) is 15.4 Å². The second-order valence-electron chi connectivity index (χ2n) is 14.0. The van der Waals surface area contributed by atoms with Gasteiger partial charge in [-0.3, -0.25) is 24.4 Å². The summed E-state index contributed by atoms with van der Waals surface area (Å²) in [4.78, 5) is 47.6. The van der Waals surface area contributed by atoms with Gasteiger partial charge in [0.25, 0.3) is 11.8 Å². The Labute approximate surface area is 356 Å². The lowest BCUT2D eigenvalue weighted by Gasteiger charge is -2.18. The number of methoxy groups -OCH3 is 1. The van der Waals surface area contributed by atoms with Gasteiger partial charge in [0.05, 0.1) is 31.5 Å². The molecule has 0 heterocycles. The number of para-hydroxylation sites is 2. The van der Waals surface area contributed by atoms with Crippen LogP contribution in [0.1, 0.15) is 86.5 Å². The number of carbonyl (C=O) groups is 4. The average Bonchev–Trinajstić information content (AvgIpc) is 3.25. The molecule has 11 nitrogen and oxygen atoms in total. The summed E-state index contributed by atoms with van der Waals surface area (Å²) in [5, 5.41) is 14.1. The number of rotatable bonds is 22. The van der Waals surface area contributed by atoms with E-state index in [9.17, 15) is 45.5 Å². The molecule has 3 amide bonds. The highest BCUT2D eigenvalue weighted by Gasteiger charge is 2.31. The second kappa shape index (κ2) is 26.5. The SMILES string of the molecule is COC(=O)CCCCCC(OCc1ccc(C(F)(F)F)cc1)C(=O)Nc1ccccc1.O=C(CCCCCC(OCc1ccc(C(F)(F)F)cc1)C(=O)Nc1ccccc1)NO. The van der Waals surface area contributed by atoms with Crippen LogP contribution in [0.4, 0.5) is 37.7 Å². The van der Waals surface area contributed by atoms with Gasteiger partial charge in [-0.2, -0.15) is 26.3 Å². The Morgan fingerprint density at radius 3 is 1.29 bits per heavy atom. The summed E-state index contributed by atoms with van der Waals surface area (Å²) < 4.78 is 92.3. The molecule has 4 rings (SSSR count). The summed E-state index contributed by atoms with van der Waals surface area (Å²) in [5.74, 6) is -1.44. The van der Waals surface area contributed by atoms with Crippen LogP contribution in [0.15, 0.2) is 109 Å². The Bertz CT molecular complexity index is 1790. The number of carbonyl (C=O) groups excluding carboxylic acids is 4. The van der Waals surface area contributed by atoms with Gasteiger partial charge in [0.1, 0.15) is 12.2 Å². The lowest BCUT2D eigenvalue weighted by Crippen LogP contribution is -2.30. The third-order valence-electron chi connectivity index (χ3n) is 9.20.